The maximum atomic E-state index is 11.1. The van der Waals surface area contributed by atoms with Gasteiger partial charge in [0, 0.05) is 22.0 Å². The molecule has 0 radical (unpaired) electrons. The molecular formula is C24H20Cl2O3. The average molecular weight is 427 g/mol. The predicted octanol–water partition coefficient (Wildman–Crippen LogP) is 6.57. The zero-order chi connectivity index (χ0) is 21.0. The topological polar surface area (TPSA) is 46.5 Å². The lowest BCUT2D eigenvalue weighted by Crippen LogP contribution is -2.06. The number of Topliss-reactive ketones (excluding diaryl/α,β-unsaturated/α-hetero) is 1. The maximum Gasteiger partial charge on any atom is 0.167 e. The molecule has 3 aromatic carbocycles. The Bertz CT molecular complexity index is 1050. The van der Waals surface area contributed by atoms with E-state index in [1.165, 1.54) is 6.92 Å². The van der Waals surface area contributed by atoms with E-state index in [0.717, 1.165) is 27.8 Å². The average Bonchev–Trinajstić information content (AvgIpc) is 2.70. The molecule has 0 aliphatic rings. The summed E-state index contributed by atoms with van der Waals surface area (Å²) >= 11 is 12.8. The molecule has 1 N–H and O–H groups in total. The SMILES string of the molecule is C=Cc1cccc(-c2cc(Cc3c(Cl)cc(OCC(C)=O)cc3Cl)ccc2O)c1. The van der Waals surface area contributed by atoms with Gasteiger partial charge in [-0.2, -0.15) is 0 Å². The quantitative estimate of drug-likeness (QED) is 0.464. The van der Waals surface area contributed by atoms with Gasteiger partial charge < -0.3 is 9.84 Å². The summed E-state index contributed by atoms with van der Waals surface area (Å²) in [5.41, 5.74) is 4.29. The molecule has 0 bridgehead atoms. The van der Waals surface area contributed by atoms with E-state index in [0.29, 0.717) is 22.2 Å². The van der Waals surface area contributed by atoms with Crippen LogP contribution in [0, 0.1) is 0 Å². The Morgan fingerprint density at radius 3 is 2.48 bits per heavy atom. The molecule has 0 fully saturated rings. The molecule has 3 nitrogen and oxygen atoms in total. The molecule has 0 spiro atoms. The largest absolute Gasteiger partial charge is 0.507 e. The van der Waals surface area contributed by atoms with Crippen LogP contribution in [0.4, 0.5) is 0 Å². The van der Waals surface area contributed by atoms with Gasteiger partial charge in [0.25, 0.3) is 0 Å². The molecule has 5 heteroatoms. The fourth-order valence-corrected chi connectivity index (χ4v) is 3.58. The number of ether oxygens (including phenoxy) is 1. The molecular weight excluding hydrogens is 407 g/mol. The van der Waals surface area contributed by atoms with E-state index >= 15 is 0 Å². The lowest BCUT2D eigenvalue weighted by atomic mass is 9.97. The first-order valence-electron chi connectivity index (χ1n) is 9.02. The molecule has 0 unspecified atom stereocenters. The lowest BCUT2D eigenvalue weighted by Gasteiger charge is -2.13. The zero-order valence-electron chi connectivity index (χ0n) is 15.9. The van der Waals surface area contributed by atoms with Gasteiger partial charge in [-0.1, -0.05) is 60.1 Å². The van der Waals surface area contributed by atoms with Crippen molar-refractivity contribution in [3.63, 3.8) is 0 Å². The van der Waals surface area contributed by atoms with Gasteiger partial charge in [-0.3, -0.25) is 4.79 Å². The number of ketones is 1. The van der Waals surface area contributed by atoms with Crippen LogP contribution >= 0.6 is 23.2 Å². The van der Waals surface area contributed by atoms with Crippen molar-refractivity contribution in [2.75, 3.05) is 6.61 Å². The van der Waals surface area contributed by atoms with Crippen LogP contribution in [-0.4, -0.2) is 17.5 Å². The highest BCUT2D eigenvalue weighted by atomic mass is 35.5. The van der Waals surface area contributed by atoms with Crippen molar-refractivity contribution < 1.29 is 14.6 Å². The number of carbonyl (C=O) groups is 1. The summed E-state index contributed by atoms with van der Waals surface area (Å²) in [6.07, 6.45) is 2.25. The minimum absolute atomic E-state index is 0.0307. The Balaban J connectivity index is 1.91. The van der Waals surface area contributed by atoms with Crippen molar-refractivity contribution in [1.82, 2.24) is 0 Å². The third kappa shape index (κ3) is 5.20. The normalized spacial score (nSPS) is 10.6. The Morgan fingerprint density at radius 2 is 1.83 bits per heavy atom. The highest BCUT2D eigenvalue weighted by molar-refractivity contribution is 6.36. The Kier molecular flexibility index (Phi) is 6.63. The van der Waals surface area contributed by atoms with E-state index in [9.17, 15) is 9.90 Å². The Labute approximate surface area is 180 Å². The van der Waals surface area contributed by atoms with Crippen LogP contribution in [0.5, 0.6) is 11.5 Å². The molecule has 0 heterocycles. The highest BCUT2D eigenvalue weighted by Gasteiger charge is 2.13. The third-order valence-corrected chi connectivity index (χ3v) is 5.11. The number of phenols is 1. The molecule has 3 rings (SSSR count). The second-order valence-electron chi connectivity index (χ2n) is 6.71. The van der Waals surface area contributed by atoms with E-state index in [1.54, 1.807) is 24.3 Å². The third-order valence-electron chi connectivity index (χ3n) is 4.43. The molecule has 0 aromatic heterocycles. The number of hydrogen-bond donors (Lipinski definition) is 1. The van der Waals surface area contributed by atoms with E-state index in [4.69, 9.17) is 27.9 Å². The van der Waals surface area contributed by atoms with E-state index in [-0.39, 0.29) is 18.1 Å². The first-order valence-corrected chi connectivity index (χ1v) is 9.78. The van der Waals surface area contributed by atoms with Crippen molar-refractivity contribution in [2.24, 2.45) is 0 Å². The lowest BCUT2D eigenvalue weighted by molar-refractivity contribution is -0.118. The molecule has 0 aliphatic carbocycles. The van der Waals surface area contributed by atoms with Crippen LogP contribution in [0.2, 0.25) is 10.0 Å². The Morgan fingerprint density at radius 1 is 1.10 bits per heavy atom. The van der Waals surface area contributed by atoms with Crippen LogP contribution in [0.3, 0.4) is 0 Å². The van der Waals surface area contributed by atoms with Crippen LogP contribution in [0.25, 0.3) is 17.2 Å². The van der Waals surface area contributed by atoms with Gasteiger partial charge in [-0.15, -0.1) is 0 Å². The molecule has 0 aliphatic heterocycles. The summed E-state index contributed by atoms with van der Waals surface area (Å²) < 4.78 is 5.39. The minimum atomic E-state index is -0.0848. The second-order valence-corrected chi connectivity index (χ2v) is 7.53. The second kappa shape index (κ2) is 9.17. The van der Waals surface area contributed by atoms with Gasteiger partial charge >= 0.3 is 0 Å². The van der Waals surface area contributed by atoms with Crippen LogP contribution in [0.1, 0.15) is 23.6 Å². The van der Waals surface area contributed by atoms with Gasteiger partial charge in [0.15, 0.2) is 5.78 Å². The molecule has 29 heavy (non-hydrogen) atoms. The van der Waals surface area contributed by atoms with E-state index in [1.807, 2.05) is 36.4 Å². The van der Waals surface area contributed by atoms with Crippen LogP contribution < -0.4 is 4.74 Å². The highest BCUT2D eigenvalue weighted by Crippen LogP contribution is 2.35. The van der Waals surface area contributed by atoms with Crippen molar-refractivity contribution in [3.8, 4) is 22.6 Å². The summed E-state index contributed by atoms with van der Waals surface area (Å²) in [4.78, 5) is 11.1. The molecule has 0 saturated heterocycles. The molecule has 0 saturated carbocycles. The number of halogens is 2. The van der Waals surface area contributed by atoms with E-state index in [2.05, 4.69) is 6.58 Å². The number of phenolic OH excluding ortho intramolecular Hbond substituents is 1. The molecule has 3 aromatic rings. The summed E-state index contributed by atoms with van der Waals surface area (Å²) in [5, 5.41) is 11.3. The number of aromatic hydroxyl groups is 1. The number of benzene rings is 3. The minimum Gasteiger partial charge on any atom is -0.507 e. The van der Waals surface area contributed by atoms with Crippen LogP contribution in [0.15, 0.2) is 61.2 Å². The molecule has 148 valence electrons. The van der Waals surface area contributed by atoms with Crippen molar-refractivity contribution in [1.29, 1.82) is 0 Å². The number of hydrogen-bond acceptors (Lipinski definition) is 3. The smallest absolute Gasteiger partial charge is 0.167 e. The zero-order valence-corrected chi connectivity index (χ0v) is 17.4. The van der Waals surface area contributed by atoms with Gasteiger partial charge in [-0.05, 0) is 59.5 Å². The number of rotatable bonds is 7. The first-order chi connectivity index (χ1) is 13.9. The monoisotopic (exact) mass is 426 g/mol. The molecule has 0 amide bonds. The number of carbonyl (C=O) groups excluding carboxylic acids is 1. The summed E-state index contributed by atoms with van der Waals surface area (Å²) in [5.74, 6) is 0.560. The summed E-state index contributed by atoms with van der Waals surface area (Å²) in [6.45, 7) is 5.21. The van der Waals surface area contributed by atoms with E-state index < -0.39 is 0 Å². The molecule has 0 atom stereocenters. The predicted molar refractivity (Wildman–Crippen MR) is 119 cm³/mol. The van der Waals surface area contributed by atoms with Gasteiger partial charge in [0.05, 0.1) is 0 Å². The van der Waals surface area contributed by atoms with Crippen molar-refractivity contribution in [3.05, 3.63) is 87.9 Å². The van der Waals surface area contributed by atoms with Crippen molar-refractivity contribution >= 4 is 35.1 Å². The fraction of sp³-hybridized carbons (Fsp3) is 0.125. The first kappa shape index (κ1) is 21.0. The van der Waals surface area contributed by atoms with Crippen LogP contribution in [-0.2, 0) is 11.2 Å². The summed E-state index contributed by atoms with van der Waals surface area (Å²) in [6, 6.07) is 16.5. The van der Waals surface area contributed by atoms with Gasteiger partial charge in [0.1, 0.15) is 18.1 Å². The fourth-order valence-electron chi connectivity index (χ4n) is 2.98. The maximum absolute atomic E-state index is 11.1. The van der Waals surface area contributed by atoms with Gasteiger partial charge in [-0.25, -0.2) is 0 Å². The Hall–Kier alpha value is -2.75. The van der Waals surface area contributed by atoms with Crippen molar-refractivity contribution in [2.45, 2.75) is 13.3 Å². The standard InChI is InChI=1S/C24H20Cl2O3/c1-3-16-5-4-6-18(9-16)20-10-17(7-8-24(20)28)11-21-22(25)12-19(13-23(21)26)29-14-15(2)27/h3-10,12-13,28H,1,11,14H2,2H3. The summed E-state index contributed by atoms with van der Waals surface area (Å²) in [7, 11) is 0. The van der Waals surface area contributed by atoms with Gasteiger partial charge in [0.2, 0.25) is 0 Å².